The highest BCUT2D eigenvalue weighted by Gasteiger charge is 2.08. The molecule has 0 bridgehead atoms. The van der Waals surface area contributed by atoms with E-state index in [1.807, 2.05) is 56.6 Å². The fraction of sp³-hybridized carbons (Fsp3) is 0.353. The van der Waals surface area contributed by atoms with Crippen LogP contribution < -0.4 is 10.1 Å². The van der Waals surface area contributed by atoms with Crippen molar-refractivity contribution in [3.63, 3.8) is 0 Å². The van der Waals surface area contributed by atoms with Gasteiger partial charge in [-0.05, 0) is 44.5 Å². The van der Waals surface area contributed by atoms with Crippen molar-refractivity contribution < 1.29 is 4.74 Å². The van der Waals surface area contributed by atoms with Gasteiger partial charge in [-0.15, -0.1) is 0 Å². The van der Waals surface area contributed by atoms with Gasteiger partial charge < -0.3 is 10.1 Å². The molecular formula is C17H22N2O. The van der Waals surface area contributed by atoms with Crippen molar-refractivity contribution in [2.75, 3.05) is 0 Å². The Morgan fingerprint density at radius 2 is 1.75 bits per heavy atom. The minimum absolute atomic E-state index is 0.189. The Kier molecular flexibility index (Phi) is 5.13. The summed E-state index contributed by atoms with van der Waals surface area (Å²) in [6.45, 7) is 7.03. The molecule has 0 radical (unpaired) electrons. The SMILES string of the molecule is CC(C)Oc1ccccc1CN[C@@H](C)c1ccncc1. The molecule has 1 N–H and O–H groups in total. The largest absolute Gasteiger partial charge is 0.491 e. The van der Waals surface area contributed by atoms with Crippen LogP contribution in [0.3, 0.4) is 0 Å². The summed E-state index contributed by atoms with van der Waals surface area (Å²) in [5.74, 6) is 0.955. The molecule has 0 aliphatic heterocycles. The van der Waals surface area contributed by atoms with Crippen LogP contribution >= 0.6 is 0 Å². The Balaban J connectivity index is 2.00. The summed E-state index contributed by atoms with van der Waals surface area (Å²) < 4.78 is 5.83. The molecule has 0 aliphatic rings. The van der Waals surface area contributed by atoms with Crippen LogP contribution in [0.2, 0.25) is 0 Å². The summed E-state index contributed by atoms with van der Waals surface area (Å²) in [4.78, 5) is 4.05. The van der Waals surface area contributed by atoms with Crippen LogP contribution in [0.15, 0.2) is 48.8 Å². The van der Waals surface area contributed by atoms with Gasteiger partial charge in [0, 0.05) is 30.5 Å². The first-order valence-electron chi connectivity index (χ1n) is 7.04. The summed E-state index contributed by atoms with van der Waals surface area (Å²) >= 11 is 0. The Morgan fingerprint density at radius 1 is 1.05 bits per heavy atom. The molecule has 3 heteroatoms. The van der Waals surface area contributed by atoms with Gasteiger partial charge in [0.15, 0.2) is 0 Å². The number of hydrogen-bond donors (Lipinski definition) is 1. The van der Waals surface area contributed by atoms with E-state index in [0.717, 1.165) is 12.3 Å². The van der Waals surface area contributed by atoms with E-state index in [1.54, 1.807) is 0 Å². The third kappa shape index (κ3) is 4.07. The van der Waals surface area contributed by atoms with Crippen LogP contribution in [0, 0.1) is 0 Å². The number of hydrogen-bond acceptors (Lipinski definition) is 3. The van der Waals surface area contributed by atoms with Gasteiger partial charge in [0.1, 0.15) is 5.75 Å². The van der Waals surface area contributed by atoms with E-state index in [-0.39, 0.29) is 12.1 Å². The third-order valence-electron chi connectivity index (χ3n) is 3.14. The molecule has 1 atom stereocenters. The number of rotatable bonds is 6. The highest BCUT2D eigenvalue weighted by molar-refractivity contribution is 5.33. The fourth-order valence-electron chi connectivity index (χ4n) is 2.05. The Bertz CT molecular complexity index is 526. The fourth-order valence-corrected chi connectivity index (χ4v) is 2.05. The van der Waals surface area contributed by atoms with Crippen molar-refractivity contribution >= 4 is 0 Å². The molecule has 0 fully saturated rings. The van der Waals surface area contributed by atoms with Gasteiger partial charge in [0.05, 0.1) is 6.10 Å². The summed E-state index contributed by atoms with van der Waals surface area (Å²) in [5, 5.41) is 3.52. The maximum Gasteiger partial charge on any atom is 0.124 e. The highest BCUT2D eigenvalue weighted by atomic mass is 16.5. The normalized spacial score (nSPS) is 12.4. The lowest BCUT2D eigenvalue weighted by Crippen LogP contribution is -2.19. The van der Waals surface area contributed by atoms with Gasteiger partial charge in [0.25, 0.3) is 0 Å². The molecule has 106 valence electrons. The van der Waals surface area contributed by atoms with Crippen molar-refractivity contribution in [3.8, 4) is 5.75 Å². The standard InChI is InChI=1S/C17H22N2O/c1-13(2)20-17-7-5-4-6-16(17)12-19-14(3)15-8-10-18-11-9-15/h4-11,13-14,19H,12H2,1-3H3/t14-/m0/s1. The summed E-state index contributed by atoms with van der Waals surface area (Å²) in [5.41, 5.74) is 2.42. The number of nitrogens with one attached hydrogen (secondary N) is 1. The number of nitrogens with zero attached hydrogens (tertiary/aromatic N) is 1. The average Bonchev–Trinajstić information content (AvgIpc) is 2.46. The second-order valence-corrected chi connectivity index (χ2v) is 5.16. The molecule has 0 saturated carbocycles. The highest BCUT2D eigenvalue weighted by Crippen LogP contribution is 2.20. The van der Waals surface area contributed by atoms with Gasteiger partial charge in [-0.1, -0.05) is 18.2 Å². The minimum Gasteiger partial charge on any atom is -0.491 e. The maximum absolute atomic E-state index is 5.83. The Hall–Kier alpha value is -1.87. The van der Waals surface area contributed by atoms with Crippen molar-refractivity contribution in [2.45, 2.75) is 39.5 Å². The van der Waals surface area contributed by atoms with Gasteiger partial charge in [-0.25, -0.2) is 0 Å². The Morgan fingerprint density at radius 3 is 2.45 bits per heavy atom. The predicted molar refractivity (Wildman–Crippen MR) is 81.7 cm³/mol. The predicted octanol–water partition coefficient (Wildman–Crippen LogP) is 3.72. The molecule has 3 nitrogen and oxygen atoms in total. The Labute approximate surface area is 121 Å². The van der Waals surface area contributed by atoms with Crippen LogP contribution in [-0.2, 0) is 6.54 Å². The second-order valence-electron chi connectivity index (χ2n) is 5.16. The van der Waals surface area contributed by atoms with Crippen LogP contribution in [0.1, 0.15) is 37.9 Å². The molecule has 1 aromatic carbocycles. The average molecular weight is 270 g/mol. The number of para-hydroxylation sites is 1. The van der Waals surface area contributed by atoms with E-state index in [2.05, 4.69) is 23.3 Å². The molecular weight excluding hydrogens is 248 g/mol. The number of benzene rings is 1. The van der Waals surface area contributed by atoms with Crippen LogP contribution in [0.5, 0.6) is 5.75 Å². The first-order valence-corrected chi connectivity index (χ1v) is 7.04. The van der Waals surface area contributed by atoms with Crippen molar-refractivity contribution in [2.24, 2.45) is 0 Å². The zero-order chi connectivity index (χ0) is 14.4. The molecule has 0 spiro atoms. The minimum atomic E-state index is 0.189. The van der Waals surface area contributed by atoms with Crippen molar-refractivity contribution in [1.29, 1.82) is 0 Å². The van der Waals surface area contributed by atoms with Gasteiger partial charge in [0.2, 0.25) is 0 Å². The first kappa shape index (κ1) is 14.5. The molecule has 0 amide bonds. The zero-order valence-electron chi connectivity index (χ0n) is 12.3. The molecule has 0 unspecified atom stereocenters. The second kappa shape index (κ2) is 7.06. The molecule has 2 aromatic rings. The van der Waals surface area contributed by atoms with E-state index in [4.69, 9.17) is 4.74 Å². The monoisotopic (exact) mass is 270 g/mol. The molecule has 0 aliphatic carbocycles. The topological polar surface area (TPSA) is 34.1 Å². The smallest absolute Gasteiger partial charge is 0.124 e. The summed E-state index contributed by atoms with van der Waals surface area (Å²) in [7, 11) is 0. The van der Waals surface area contributed by atoms with Gasteiger partial charge in [-0.2, -0.15) is 0 Å². The molecule has 20 heavy (non-hydrogen) atoms. The summed E-state index contributed by atoms with van der Waals surface area (Å²) in [6, 6.07) is 12.5. The third-order valence-corrected chi connectivity index (χ3v) is 3.14. The number of pyridine rings is 1. The van der Waals surface area contributed by atoms with Crippen LogP contribution in [-0.4, -0.2) is 11.1 Å². The van der Waals surface area contributed by atoms with Crippen LogP contribution in [0.25, 0.3) is 0 Å². The van der Waals surface area contributed by atoms with E-state index in [1.165, 1.54) is 11.1 Å². The first-order chi connectivity index (χ1) is 9.66. The lowest BCUT2D eigenvalue weighted by molar-refractivity contribution is 0.239. The van der Waals surface area contributed by atoms with Gasteiger partial charge >= 0.3 is 0 Å². The zero-order valence-corrected chi connectivity index (χ0v) is 12.3. The molecule has 2 rings (SSSR count). The summed E-state index contributed by atoms with van der Waals surface area (Å²) in [6.07, 6.45) is 3.83. The lowest BCUT2D eigenvalue weighted by atomic mass is 10.1. The van der Waals surface area contributed by atoms with E-state index < -0.39 is 0 Å². The van der Waals surface area contributed by atoms with E-state index in [9.17, 15) is 0 Å². The van der Waals surface area contributed by atoms with Crippen molar-refractivity contribution in [3.05, 3.63) is 59.9 Å². The lowest BCUT2D eigenvalue weighted by Gasteiger charge is -2.17. The van der Waals surface area contributed by atoms with Crippen LogP contribution in [0.4, 0.5) is 0 Å². The molecule has 0 saturated heterocycles. The number of aromatic nitrogens is 1. The number of ether oxygens (including phenoxy) is 1. The quantitative estimate of drug-likeness (QED) is 0.868. The molecule has 1 aromatic heterocycles. The van der Waals surface area contributed by atoms with E-state index in [0.29, 0.717) is 0 Å². The maximum atomic E-state index is 5.83. The van der Waals surface area contributed by atoms with Gasteiger partial charge in [-0.3, -0.25) is 4.98 Å². The van der Waals surface area contributed by atoms with E-state index >= 15 is 0 Å². The van der Waals surface area contributed by atoms with Crippen molar-refractivity contribution in [1.82, 2.24) is 10.3 Å². The molecule has 1 heterocycles.